The van der Waals surface area contributed by atoms with E-state index in [1.807, 2.05) is 13.8 Å². The summed E-state index contributed by atoms with van der Waals surface area (Å²) in [4.78, 5) is 11.4. The van der Waals surface area contributed by atoms with Gasteiger partial charge in [-0.05, 0) is 48.4 Å². The number of carboxylic acids is 1. The van der Waals surface area contributed by atoms with Crippen LogP contribution in [0.3, 0.4) is 0 Å². The molecule has 0 amide bonds. The van der Waals surface area contributed by atoms with Crippen molar-refractivity contribution in [2.75, 3.05) is 13.7 Å². The molecular formula is C27H25F2NO4. The number of fused-ring (bicyclic) bond motifs is 1. The third-order valence-corrected chi connectivity index (χ3v) is 5.99. The molecule has 4 aromatic rings. The summed E-state index contributed by atoms with van der Waals surface area (Å²) in [6.07, 6.45) is 0. The van der Waals surface area contributed by atoms with E-state index in [2.05, 4.69) is 0 Å². The fourth-order valence-corrected chi connectivity index (χ4v) is 4.48. The zero-order chi connectivity index (χ0) is 24.8. The van der Waals surface area contributed by atoms with Gasteiger partial charge in [-0.3, -0.25) is 0 Å². The van der Waals surface area contributed by atoms with Gasteiger partial charge < -0.3 is 19.5 Å². The highest BCUT2D eigenvalue weighted by molar-refractivity contribution is 6.04. The molecule has 0 bridgehead atoms. The van der Waals surface area contributed by atoms with Crippen LogP contribution in [0.2, 0.25) is 0 Å². The first-order valence-corrected chi connectivity index (χ1v) is 10.7. The molecule has 0 radical (unpaired) electrons. The molecule has 0 fully saturated rings. The van der Waals surface area contributed by atoms with E-state index in [4.69, 9.17) is 4.74 Å². The number of aryl methyl sites for hydroxylation is 1. The summed E-state index contributed by atoms with van der Waals surface area (Å²) in [6.45, 7) is 5.81. The van der Waals surface area contributed by atoms with Crippen LogP contribution in [0.5, 0.6) is 5.75 Å². The number of ether oxygens (including phenoxy) is 1. The Morgan fingerprint density at radius 2 is 1.74 bits per heavy atom. The number of rotatable bonds is 6. The molecule has 0 spiro atoms. The van der Waals surface area contributed by atoms with Gasteiger partial charge in [0.05, 0.1) is 23.1 Å². The second-order valence-corrected chi connectivity index (χ2v) is 9.01. The molecule has 0 aliphatic heterocycles. The summed E-state index contributed by atoms with van der Waals surface area (Å²) in [6, 6.07) is 13.3. The van der Waals surface area contributed by atoms with Gasteiger partial charge >= 0.3 is 5.97 Å². The van der Waals surface area contributed by atoms with Gasteiger partial charge in [0.15, 0.2) is 0 Å². The molecule has 0 atom stereocenters. The van der Waals surface area contributed by atoms with E-state index in [0.29, 0.717) is 39.0 Å². The van der Waals surface area contributed by atoms with Gasteiger partial charge in [0, 0.05) is 35.5 Å². The number of carboxylic acid groups (broad SMARTS) is 1. The zero-order valence-corrected chi connectivity index (χ0v) is 19.3. The number of halogens is 2. The highest BCUT2D eigenvalue weighted by Gasteiger charge is 2.33. The number of hydrogen-bond donors (Lipinski definition) is 2. The van der Waals surface area contributed by atoms with E-state index < -0.39 is 23.0 Å². The van der Waals surface area contributed by atoms with Crippen molar-refractivity contribution in [1.82, 2.24) is 4.57 Å². The van der Waals surface area contributed by atoms with Crippen LogP contribution in [0.1, 0.15) is 35.5 Å². The summed E-state index contributed by atoms with van der Waals surface area (Å²) >= 11 is 0. The molecule has 4 rings (SSSR count). The van der Waals surface area contributed by atoms with Crippen molar-refractivity contribution >= 4 is 16.9 Å². The first-order valence-electron chi connectivity index (χ1n) is 10.7. The number of methoxy groups -OCH3 is 1. The lowest BCUT2D eigenvalue weighted by Crippen LogP contribution is -2.27. The van der Waals surface area contributed by atoms with Crippen LogP contribution in [0.15, 0.2) is 54.6 Å². The van der Waals surface area contributed by atoms with Crippen LogP contribution in [-0.2, 0) is 10.2 Å². The van der Waals surface area contributed by atoms with E-state index in [9.17, 15) is 23.8 Å². The fourth-order valence-electron chi connectivity index (χ4n) is 4.48. The molecule has 0 saturated carbocycles. The van der Waals surface area contributed by atoms with Crippen molar-refractivity contribution in [2.45, 2.75) is 26.2 Å². The van der Waals surface area contributed by atoms with Crippen molar-refractivity contribution in [2.24, 2.45) is 0 Å². The van der Waals surface area contributed by atoms with Crippen molar-refractivity contribution in [3.8, 4) is 22.6 Å². The van der Waals surface area contributed by atoms with E-state index in [-0.39, 0.29) is 17.9 Å². The number of aromatic hydroxyl groups is 1. The Bertz CT molecular complexity index is 1400. The van der Waals surface area contributed by atoms with Crippen molar-refractivity contribution in [3.63, 3.8) is 0 Å². The maximum Gasteiger partial charge on any atom is 0.335 e. The van der Waals surface area contributed by atoms with Gasteiger partial charge in [-0.1, -0.05) is 32.0 Å². The molecule has 2 N–H and O–H groups in total. The predicted octanol–water partition coefficient (Wildman–Crippen LogP) is 6.21. The lowest BCUT2D eigenvalue weighted by Gasteiger charge is -2.28. The SMILES string of the molecule is COCC(C)(C)c1c(-c2ccc(C(=O)O)cc2)c2c(O)cc(F)cc2n1-c1ccc(C)c(F)c1. The quantitative estimate of drug-likeness (QED) is 0.355. The highest BCUT2D eigenvalue weighted by Crippen LogP contribution is 2.46. The third-order valence-electron chi connectivity index (χ3n) is 5.99. The molecule has 0 aliphatic carbocycles. The Morgan fingerprint density at radius 3 is 2.32 bits per heavy atom. The summed E-state index contributed by atoms with van der Waals surface area (Å²) in [5.41, 5.74) is 2.62. The number of benzene rings is 3. The molecule has 3 aromatic carbocycles. The van der Waals surface area contributed by atoms with Crippen LogP contribution in [-0.4, -0.2) is 34.5 Å². The minimum Gasteiger partial charge on any atom is -0.507 e. The van der Waals surface area contributed by atoms with Crippen LogP contribution in [0.25, 0.3) is 27.7 Å². The average Bonchev–Trinajstić information content (AvgIpc) is 3.12. The third kappa shape index (κ3) is 3.92. The number of carbonyl (C=O) groups is 1. The minimum atomic E-state index is -1.06. The van der Waals surface area contributed by atoms with Gasteiger partial charge in [0.2, 0.25) is 0 Å². The van der Waals surface area contributed by atoms with Gasteiger partial charge in [0.25, 0.3) is 0 Å². The first-order chi connectivity index (χ1) is 16.0. The van der Waals surface area contributed by atoms with E-state index >= 15 is 0 Å². The molecular weight excluding hydrogens is 440 g/mol. The largest absolute Gasteiger partial charge is 0.507 e. The number of hydrogen-bond acceptors (Lipinski definition) is 3. The summed E-state index contributed by atoms with van der Waals surface area (Å²) in [5, 5.41) is 20.6. The van der Waals surface area contributed by atoms with Gasteiger partial charge in [-0.2, -0.15) is 0 Å². The van der Waals surface area contributed by atoms with Gasteiger partial charge in [-0.25, -0.2) is 13.6 Å². The minimum absolute atomic E-state index is 0.112. The summed E-state index contributed by atoms with van der Waals surface area (Å²) in [7, 11) is 1.57. The monoisotopic (exact) mass is 465 g/mol. The maximum atomic E-state index is 14.6. The highest BCUT2D eigenvalue weighted by atomic mass is 19.1. The molecule has 5 nitrogen and oxygen atoms in total. The number of phenols is 1. The Balaban J connectivity index is 2.19. The number of aromatic nitrogens is 1. The second kappa shape index (κ2) is 8.57. The van der Waals surface area contributed by atoms with Crippen molar-refractivity contribution < 1.29 is 28.5 Å². The summed E-state index contributed by atoms with van der Waals surface area (Å²) in [5.74, 6) is -2.38. The normalized spacial score (nSPS) is 11.8. The lowest BCUT2D eigenvalue weighted by atomic mass is 9.84. The van der Waals surface area contributed by atoms with Gasteiger partial charge in [0.1, 0.15) is 17.4 Å². The first kappa shape index (κ1) is 23.4. The molecule has 1 heterocycles. The molecule has 1 aromatic heterocycles. The second-order valence-electron chi connectivity index (χ2n) is 9.01. The molecule has 176 valence electrons. The Morgan fingerprint density at radius 1 is 1.06 bits per heavy atom. The molecule has 0 unspecified atom stereocenters. The fraction of sp³-hybridized carbons (Fsp3) is 0.222. The molecule has 7 heteroatoms. The smallest absolute Gasteiger partial charge is 0.335 e. The van der Waals surface area contributed by atoms with Crippen LogP contribution in [0, 0.1) is 18.6 Å². The van der Waals surface area contributed by atoms with Gasteiger partial charge in [-0.15, -0.1) is 0 Å². The van der Waals surface area contributed by atoms with Crippen molar-refractivity contribution in [3.05, 3.63) is 83.1 Å². The number of aromatic carboxylic acids is 1. The van der Waals surface area contributed by atoms with E-state index in [1.54, 1.807) is 42.9 Å². The number of nitrogens with zero attached hydrogens (tertiary/aromatic N) is 1. The molecule has 34 heavy (non-hydrogen) atoms. The van der Waals surface area contributed by atoms with Crippen molar-refractivity contribution in [1.29, 1.82) is 0 Å². The maximum absolute atomic E-state index is 14.6. The summed E-state index contributed by atoms with van der Waals surface area (Å²) < 4.78 is 36.4. The van der Waals surface area contributed by atoms with Crippen LogP contribution >= 0.6 is 0 Å². The van der Waals surface area contributed by atoms with Crippen LogP contribution in [0.4, 0.5) is 8.78 Å². The lowest BCUT2D eigenvalue weighted by molar-refractivity contribution is 0.0697. The predicted molar refractivity (Wildman–Crippen MR) is 127 cm³/mol. The Kier molecular flexibility index (Phi) is 5.91. The number of phenolic OH excluding ortho intramolecular Hbond substituents is 1. The van der Waals surface area contributed by atoms with E-state index in [1.165, 1.54) is 24.3 Å². The topological polar surface area (TPSA) is 71.7 Å². The Hall–Kier alpha value is -3.71. The van der Waals surface area contributed by atoms with Crippen LogP contribution < -0.4 is 0 Å². The molecule has 0 saturated heterocycles. The Labute approximate surface area is 195 Å². The average molecular weight is 465 g/mol. The van der Waals surface area contributed by atoms with E-state index in [0.717, 1.165) is 6.07 Å². The zero-order valence-electron chi connectivity index (χ0n) is 19.3. The molecule has 0 aliphatic rings. The standard InChI is InChI=1S/C27H25F2NO4/c1-15-5-10-19(13-20(15)29)30-21-11-18(28)12-22(31)24(21)23(25(30)27(2,3)14-34-4)16-6-8-17(9-7-16)26(32)33/h5-13,31H,14H2,1-4H3,(H,32,33).